The van der Waals surface area contributed by atoms with Gasteiger partial charge in [0.25, 0.3) is 0 Å². The summed E-state index contributed by atoms with van der Waals surface area (Å²) in [7, 11) is 0. The fraction of sp³-hybridized carbons (Fsp3) is 0.524. The highest BCUT2D eigenvalue weighted by molar-refractivity contribution is 7.99. The largest absolute Gasteiger partial charge is 0.340 e. The lowest BCUT2D eigenvalue weighted by molar-refractivity contribution is -0.135. The van der Waals surface area contributed by atoms with Crippen LogP contribution in [0.5, 0.6) is 0 Å². The molecule has 6 heteroatoms. The van der Waals surface area contributed by atoms with Gasteiger partial charge in [0.15, 0.2) is 0 Å². The van der Waals surface area contributed by atoms with E-state index in [1.165, 1.54) is 11.1 Å². The maximum atomic E-state index is 12.9. The fourth-order valence-electron chi connectivity index (χ4n) is 3.89. The van der Waals surface area contributed by atoms with E-state index in [0.29, 0.717) is 5.91 Å². The number of carbonyl (C=O) groups excluding carboxylic acids is 1. The Morgan fingerprint density at radius 1 is 1.19 bits per heavy atom. The molecule has 2 aromatic rings. The molecule has 1 aromatic carbocycles. The molecule has 2 fully saturated rings. The number of thioether (sulfide) groups is 1. The first-order valence-electron chi connectivity index (χ1n) is 9.89. The van der Waals surface area contributed by atoms with E-state index in [1.807, 2.05) is 11.8 Å². The lowest BCUT2D eigenvalue weighted by atomic mass is 10.1. The summed E-state index contributed by atoms with van der Waals surface area (Å²) in [5.41, 5.74) is 3.62. The molecule has 27 heavy (non-hydrogen) atoms. The van der Waals surface area contributed by atoms with Crippen molar-refractivity contribution in [1.82, 2.24) is 14.8 Å². The van der Waals surface area contributed by atoms with E-state index in [2.05, 4.69) is 46.4 Å². The lowest BCUT2D eigenvalue weighted by Gasteiger charge is -2.32. The molecule has 0 spiro atoms. The Kier molecular flexibility index (Phi) is 6.15. The Morgan fingerprint density at radius 3 is 2.70 bits per heavy atom. The Morgan fingerprint density at radius 2 is 1.96 bits per heavy atom. The van der Waals surface area contributed by atoms with Crippen LogP contribution < -0.4 is 0 Å². The number of thiazole rings is 1. The average molecular weight is 402 g/mol. The van der Waals surface area contributed by atoms with Gasteiger partial charge in [-0.25, -0.2) is 4.98 Å². The number of amides is 1. The van der Waals surface area contributed by atoms with Gasteiger partial charge in [0.1, 0.15) is 5.01 Å². The van der Waals surface area contributed by atoms with Crippen LogP contribution in [0.3, 0.4) is 0 Å². The molecule has 1 atom stereocenters. The van der Waals surface area contributed by atoms with Gasteiger partial charge < -0.3 is 4.90 Å². The normalized spacial score (nSPS) is 20.9. The Bertz CT molecular complexity index is 768. The predicted molar refractivity (Wildman–Crippen MR) is 114 cm³/mol. The third kappa shape index (κ3) is 4.39. The Balaban J connectivity index is 1.42. The SMILES string of the molecule is CCc1ccc(-c2nc(CN3CCCC3C(=O)N3CCSCC3)cs2)cc1. The molecule has 3 heterocycles. The highest BCUT2D eigenvalue weighted by atomic mass is 32.2. The van der Waals surface area contributed by atoms with Gasteiger partial charge in [0.05, 0.1) is 11.7 Å². The van der Waals surface area contributed by atoms with Crippen molar-refractivity contribution in [2.24, 2.45) is 0 Å². The number of carbonyl (C=O) groups is 1. The molecule has 1 unspecified atom stereocenters. The van der Waals surface area contributed by atoms with E-state index in [0.717, 1.165) is 67.6 Å². The first-order chi connectivity index (χ1) is 13.2. The summed E-state index contributed by atoms with van der Waals surface area (Å²) in [5.74, 6) is 2.48. The van der Waals surface area contributed by atoms with E-state index < -0.39 is 0 Å². The molecule has 4 nitrogen and oxygen atoms in total. The van der Waals surface area contributed by atoms with Gasteiger partial charge in [-0.1, -0.05) is 31.2 Å². The molecule has 144 valence electrons. The number of nitrogens with zero attached hydrogens (tertiary/aromatic N) is 3. The molecule has 2 aliphatic rings. The second kappa shape index (κ2) is 8.76. The molecule has 0 aliphatic carbocycles. The van der Waals surface area contributed by atoms with Crippen molar-refractivity contribution in [2.45, 2.75) is 38.8 Å². The second-order valence-electron chi connectivity index (χ2n) is 7.26. The van der Waals surface area contributed by atoms with Crippen molar-refractivity contribution in [3.63, 3.8) is 0 Å². The van der Waals surface area contributed by atoms with Crippen LogP contribution in [0.25, 0.3) is 10.6 Å². The van der Waals surface area contributed by atoms with Crippen molar-refractivity contribution in [2.75, 3.05) is 31.1 Å². The molecule has 0 N–H and O–H groups in total. The van der Waals surface area contributed by atoms with Gasteiger partial charge in [-0.15, -0.1) is 11.3 Å². The molecule has 2 aliphatic heterocycles. The number of rotatable bonds is 5. The Labute approximate surface area is 170 Å². The number of benzene rings is 1. The van der Waals surface area contributed by atoms with Crippen LogP contribution in [0.1, 0.15) is 31.0 Å². The van der Waals surface area contributed by atoms with Gasteiger partial charge in [0.2, 0.25) is 5.91 Å². The monoisotopic (exact) mass is 401 g/mol. The lowest BCUT2D eigenvalue weighted by Crippen LogP contribution is -2.48. The topological polar surface area (TPSA) is 36.4 Å². The summed E-state index contributed by atoms with van der Waals surface area (Å²) in [6, 6.07) is 8.74. The minimum Gasteiger partial charge on any atom is -0.340 e. The summed E-state index contributed by atoms with van der Waals surface area (Å²) in [6.45, 7) is 5.76. The first kappa shape index (κ1) is 19.0. The first-order valence-corrected chi connectivity index (χ1v) is 11.9. The van der Waals surface area contributed by atoms with Crippen LogP contribution in [0.15, 0.2) is 29.6 Å². The number of likely N-dealkylation sites (tertiary alicyclic amines) is 1. The predicted octanol–water partition coefficient (Wildman–Crippen LogP) is 3.91. The molecule has 0 radical (unpaired) electrons. The van der Waals surface area contributed by atoms with Gasteiger partial charge in [-0.3, -0.25) is 9.69 Å². The molecule has 1 aromatic heterocycles. The van der Waals surface area contributed by atoms with Crippen molar-refractivity contribution in [3.8, 4) is 10.6 Å². The van der Waals surface area contributed by atoms with Crippen molar-refractivity contribution in [1.29, 1.82) is 0 Å². The third-order valence-electron chi connectivity index (χ3n) is 5.50. The Hall–Kier alpha value is -1.37. The van der Waals surface area contributed by atoms with Crippen LogP contribution in [-0.4, -0.2) is 57.9 Å². The highest BCUT2D eigenvalue weighted by Gasteiger charge is 2.34. The van der Waals surface area contributed by atoms with E-state index in [9.17, 15) is 4.79 Å². The molecule has 1 amide bonds. The summed E-state index contributed by atoms with van der Waals surface area (Å²) in [4.78, 5) is 22.2. The zero-order valence-corrected chi connectivity index (χ0v) is 17.5. The third-order valence-corrected chi connectivity index (χ3v) is 7.38. The van der Waals surface area contributed by atoms with E-state index in [1.54, 1.807) is 11.3 Å². The van der Waals surface area contributed by atoms with Crippen molar-refractivity contribution < 1.29 is 4.79 Å². The summed E-state index contributed by atoms with van der Waals surface area (Å²) in [5, 5.41) is 3.23. The van der Waals surface area contributed by atoms with Crippen LogP contribution in [0.4, 0.5) is 0 Å². The summed E-state index contributed by atoms with van der Waals surface area (Å²) >= 11 is 3.65. The summed E-state index contributed by atoms with van der Waals surface area (Å²) < 4.78 is 0. The van der Waals surface area contributed by atoms with Gasteiger partial charge >= 0.3 is 0 Å². The molecule has 0 saturated carbocycles. The molecular formula is C21H27N3OS2. The standard InChI is InChI=1S/C21H27N3OS2/c1-2-16-5-7-17(8-6-16)20-22-18(15-27-20)14-24-9-3-4-19(24)21(25)23-10-12-26-13-11-23/h5-8,15,19H,2-4,9-14H2,1H3. The van der Waals surface area contributed by atoms with E-state index >= 15 is 0 Å². The maximum Gasteiger partial charge on any atom is 0.239 e. The number of hydrogen-bond donors (Lipinski definition) is 0. The van der Waals surface area contributed by atoms with Gasteiger partial charge in [-0.2, -0.15) is 11.8 Å². The smallest absolute Gasteiger partial charge is 0.239 e. The number of hydrogen-bond acceptors (Lipinski definition) is 5. The minimum absolute atomic E-state index is 0.0436. The van der Waals surface area contributed by atoms with E-state index in [4.69, 9.17) is 4.98 Å². The average Bonchev–Trinajstić information content (AvgIpc) is 3.38. The van der Waals surface area contributed by atoms with E-state index in [-0.39, 0.29) is 6.04 Å². The van der Waals surface area contributed by atoms with Crippen LogP contribution in [0, 0.1) is 0 Å². The minimum atomic E-state index is 0.0436. The van der Waals surface area contributed by atoms with Crippen LogP contribution in [0.2, 0.25) is 0 Å². The maximum absolute atomic E-state index is 12.9. The van der Waals surface area contributed by atoms with Crippen molar-refractivity contribution in [3.05, 3.63) is 40.9 Å². The van der Waals surface area contributed by atoms with Crippen LogP contribution >= 0.6 is 23.1 Å². The van der Waals surface area contributed by atoms with Gasteiger partial charge in [0, 0.05) is 42.1 Å². The highest BCUT2D eigenvalue weighted by Crippen LogP contribution is 2.27. The summed E-state index contributed by atoms with van der Waals surface area (Å²) in [6.07, 6.45) is 3.15. The molecule has 2 saturated heterocycles. The quantitative estimate of drug-likeness (QED) is 0.761. The molecular weight excluding hydrogens is 374 g/mol. The number of aromatic nitrogens is 1. The number of aryl methyl sites for hydroxylation is 1. The van der Waals surface area contributed by atoms with Crippen molar-refractivity contribution >= 4 is 29.0 Å². The second-order valence-corrected chi connectivity index (χ2v) is 9.34. The zero-order chi connectivity index (χ0) is 18.6. The fourth-order valence-corrected chi connectivity index (χ4v) is 5.61. The van der Waals surface area contributed by atoms with Crippen LogP contribution in [-0.2, 0) is 17.8 Å². The molecule has 4 rings (SSSR count). The van der Waals surface area contributed by atoms with Gasteiger partial charge in [-0.05, 0) is 31.4 Å². The molecule has 0 bridgehead atoms. The zero-order valence-electron chi connectivity index (χ0n) is 15.9.